The van der Waals surface area contributed by atoms with Gasteiger partial charge >= 0.3 is 0 Å². The van der Waals surface area contributed by atoms with Crippen molar-refractivity contribution in [2.24, 2.45) is 0 Å². The van der Waals surface area contributed by atoms with E-state index in [4.69, 9.17) is 0 Å². The Hall–Kier alpha value is -1.62. The number of aromatic nitrogens is 2. The van der Waals surface area contributed by atoms with Crippen LogP contribution in [0.1, 0.15) is 0 Å². The zero-order chi connectivity index (χ0) is 12.1. The van der Waals surface area contributed by atoms with Crippen molar-refractivity contribution in [1.29, 1.82) is 0 Å². The molecule has 17 heavy (non-hydrogen) atoms. The van der Waals surface area contributed by atoms with Crippen molar-refractivity contribution in [1.82, 2.24) is 14.9 Å². The Morgan fingerprint density at radius 3 is 2.82 bits per heavy atom. The molecule has 0 spiro atoms. The van der Waals surface area contributed by atoms with Crippen LogP contribution in [0.3, 0.4) is 0 Å². The predicted octanol–water partition coefficient (Wildman–Crippen LogP) is 0.826. The van der Waals surface area contributed by atoms with Crippen LogP contribution in [0.25, 0.3) is 0 Å². The minimum atomic E-state index is 0.721. The molecule has 1 aromatic heterocycles. The van der Waals surface area contributed by atoms with E-state index < -0.39 is 0 Å². The third-order valence-electron chi connectivity index (χ3n) is 2.91. The summed E-state index contributed by atoms with van der Waals surface area (Å²) >= 11 is 0. The fraction of sp³-hybridized carbons (Fsp3) is 0.500. The lowest BCUT2D eigenvalue weighted by atomic mass is 10.3. The molecule has 0 atom stereocenters. The number of rotatable bonds is 4. The summed E-state index contributed by atoms with van der Waals surface area (Å²) in [5.74, 6) is 1.86. The molecule has 92 valence electrons. The Morgan fingerprint density at radius 2 is 2.12 bits per heavy atom. The SMILES string of the molecule is C=CCNc1cc(N2CCN(C)CC2)ncn1. The molecule has 0 saturated carbocycles. The number of nitrogens with one attached hydrogen (secondary N) is 1. The van der Waals surface area contributed by atoms with Gasteiger partial charge in [0.05, 0.1) is 0 Å². The molecule has 1 aliphatic heterocycles. The summed E-state index contributed by atoms with van der Waals surface area (Å²) in [5, 5.41) is 3.18. The number of anilines is 2. The molecule has 0 bridgehead atoms. The van der Waals surface area contributed by atoms with Crippen molar-refractivity contribution in [2.45, 2.75) is 0 Å². The van der Waals surface area contributed by atoms with Gasteiger partial charge in [-0.3, -0.25) is 0 Å². The third-order valence-corrected chi connectivity index (χ3v) is 2.91. The van der Waals surface area contributed by atoms with Gasteiger partial charge in [-0.2, -0.15) is 0 Å². The zero-order valence-electron chi connectivity index (χ0n) is 10.3. The van der Waals surface area contributed by atoms with Crippen molar-refractivity contribution in [3.05, 3.63) is 25.0 Å². The van der Waals surface area contributed by atoms with E-state index in [1.165, 1.54) is 0 Å². The molecule has 5 heteroatoms. The highest BCUT2D eigenvalue weighted by Gasteiger charge is 2.15. The molecule has 0 radical (unpaired) electrons. The summed E-state index contributed by atoms with van der Waals surface area (Å²) < 4.78 is 0. The molecule has 2 heterocycles. The Morgan fingerprint density at radius 1 is 1.35 bits per heavy atom. The second kappa shape index (κ2) is 5.63. The van der Waals surface area contributed by atoms with Gasteiger partial charge in [-0.25, -0.2) is 9.97 Å². The first-order valence-corrected chi connectivity index (χ1v) is 5.90. The van der Waals surface area contributed by atoms with Crippen LogP contribution in [0.15, 0.2) is 25.0 Å². The number of nitrogens with zero attached hydrogens (tertiary/aromatic N) is 4. The van der Waals surface area contributed by atoms with Crippen LogP contribution >= 0.6 is 0 Å². The van der Waals surface area contributed by atoms with Crippen LogP contribution in [0.2, 0.25) is 0 Å². The minimum Gasteiger partial charge on any atom is -0.366 e. The Labute approximate surface area is 102 Å². The van der Waals surface area contributed by atoms with Crippen LogP contribution in [-0.4, -0.2) is 54.6 Å². The van der Waals surface area contributed by atoms with Crippen molar-refractivity contribution >= 4 is 11.6 Å². The Balaban J connectivity index is 2.02. The molecular formula is C12H19N5. The predicted molar refractivity (Wildman–Crippen MR) is 70.4 cm³/mol. The second-order valence-electron chi connectivity index (χ2n) is 4.22. The molecule has 0 unspecified atom stereocenters. The monoisotopic (exact) mass is 233 g/mol. The fourth-order valence-electron chi connectivity index (χ4n) is 1.83. The first-order valence-electron chi connectivity index (χ1n) is 5.90. The highest BCUT2D eigenvalue weighted by Crippen LogP contribution is 2.15. The molecule has 0 amide bonds. The van der Waals surface area contributed by atoms with E-state index in [0.29, 0.717) is 0 Å². The van der Waals surface area contributed by atoms with Crippen molar-refractivity contribution in [3.8, 4) is 0 Å². The van der Waals surface area contributed by atoms with Gasteiger partial charge in [-0.05, 0) is 7.05 Å². The average molecular weight is 233 g/mol. The first-order chi connectivity index (χ1) is 8.29. The highest BCUT2D eigenvalue weighted by molar-refractivity contribution is 5.48. The van der Waals surface area contributed by atoms with E-state index in [9.17, 15) is 0 Å². The van der Waals surface area contributed by atoms with E-state index in [0.717, 1.165) is 44.4 Å². The van der Waals surface area contributed by atoms with Crippen LogP contribution < -0.4 is 10.2 Å². The number of likely N-dealkylation sites (N-methyl/N-ethyl adjacent to an activating group) is 1. The molecule has 5 nitrogen and oxygen atoms in total. The van der Waals surface area contributed by atoms with Gasteiger partial charge in [-0.15, -0.1) is 6.58 Å². The summed E-state index contributed by atoms with van der Waals surface area (Å²) in [6.45, 7) is 8.61. The van der Waals surface area contributed by atoms with Gasteiger partial charge in [-0.1, -0.05) is 6.08 Å². The van der Waals surface area contributed by atoms with E-state index in [1.54, 1.807) is 6.33 Å². The largest absolute Gasteiger partial charge is 0.366 e. The van der Waals surface area contributed by atoms with Crippen molar-refractivity contribution in [2.75, 3.05) is 50.0 Å². The quantitative estimate of drug-likeness (QED) is 0.780. The molecule has 1 aromatic rings. The lowest BCUT2D eigenvalue weighted by Gasteiger charge is -2.33. The topological polar surface area (TPSA) is 44.3 Å². The normalized spacial score (nSPS) is 16.9. The van der Waals surface area contributed by atoms with Gasteiger partial charge in [0.2, 0.25) is 0 Å². The Kier molecular flexibility index (Phi) is 3.93. The summed E-state index contributed by atoms with van der Waals surface area (Å²) in [6.07, 6.45) is 3.43. The summed E-state index contributed by atoms with van der Waals surface area (Å²) in [6, 6.07) is 1.99. The Bertz CT molecular complexity index is 371. The molecule has 2 rings (SSSR count). The molecule has 1 aliphatic rings. The lowest BCUT2D eigenvalue weighted by Crippen LogP contribution is -2.44. The van der Waals surface area contributed by atoms with Crippen LogP contribution in [0.4, 0.5) is 11.6 Å². The standard InChI is InChI=1S/C12H19N5/c1-3-4-13-11-9-12(15-10-14-11)17-7-5-16(2)6-8-17/h3,9-10H,1,4-8H2,2H3,(H,13,14,15). The van der Waals surface area contributed by atoms with Crippen molar-refractivity contribution < 1.29 is 0 Å². The van der Waals surface area contributed by atoms with Gasteiger partial charge in [0.1, 0.15) is 18.0 Å². The van der Waals surface area contributed by atoms with Gasteiger partial charge < -0.3 is 15.1 Å². The summed E-state index contributed by atoms with van der Waals surface area (Å²) in [5.41, 5.74) is 0. The fourth-order valence-corrected chi connectivity index (χ4v) is 1.83. The molecular weight excluding hydrogens is 214 g/mol. The third kappa shape index (κ3) is 3.17. The van der Waals surface area contributed by atoms with Gasteiger partial charge in [0, 0.05) is 38.8 Å². The molecule has 0 aliphatic carbocycles. The lowest BCUT2D eigenvalue weighted by molar-refractivity contribution is 0.312. The first kappa shape index (κ1) is 11.9. The highest BCUT2D eigenvalue weighted by atomic mass is 15.3. The maximum absolute atomic E-state index is 4.33. The van der Waals surface area contributed by atoms with Gasteiger partial charge in [0.25, 0.3) is 0 Å². The number of piperazine rings is 1. The van der Waals surface area contributed by atoms with Gasteiger partial charge in [0.15, 0.2) is 0 Å². The molecule has 1 N–H and O–H groups in total. The molecule has 1 fully saturated rings. The van der Waals surface area contributed by atoms with E-state index in [2.05, 4.69) is 38.7 Å². The van der Waals surface area contributed by atoms with E-state index in [-0.39, 0.29) is 0 Å². The molecule has 1 saturated heterocycles. The van der Waals surface area contributed by atoms with Crippen LogP contribution in [-0.2, 0) is 0 Å². The van der Waals surface area contributed by atoms with E-state index >= 15 is 0 Å². The second-order valence-corrected chi connectivity index (χ2v) is 4.22. The summed E-state index contributed by atoms with van der Waals surface area (Å²) in [7, 11) is 2.15. The number of hydrogen-bond acceptors (Lipinski definition) is 5. The maximum atomic E-state index is 4.33. The summed E-state index contributed by atoms with van der Waals surface area (Å²) in [4.78, 5) is 13.1. The van der Waals surface area contributed by atoms with Crippen LogP contribution in [0, 0.1) is 0 Å². The number of hydrogen-bond donors (Lipinski definition) is 1. The smallest absolute Gasteiger partial charge is 0.134 e. The van der Waals surface area contributed by atoms with Crippen molar-refractivity contribution in [3.63, 3.8) is 0 Å². The van der Waals surface area contributed by atoms with Crippen LogP contribution in [0.5, 0.6) is 0 Å². The average Bonchev–Trinajstić information content (AvgIpc) is 2.37. The zero-order valence-corrected chi connectivity index (χ0v) is 10.3. The molecule has 0 aromatic carbocycles. The maximum Gasteiger partial charge on any atom is 0.134 e. The minimum absolute atomic E-state index is 0.721. The van der Waals surface area contributed by atoms with E-state index in [1.807, 2.05) is 12.1 Å².